The van der Waals surface area contributed by atoms with Gasteiger partial charge in [-0.3, -0.25) is 0 Å². The number of hydrogen-bond donors (Lipinski definition) is 2. The van der Waals surface area contributed by atoms with Crippen LogP contribution in [0.1, 0.15) is 20.9 Å². The molecule has 6 heteroatoms. The van der Waals surface area contributed by atoms with Crippen molar-refractivity contribution in [3.8, 4) is 6.07 Å². The number of aromatic carboxylic acids is 1. The number of thiazole rings is 1. The van der Waals surface area contributed by atoms with Crippen LogP contribution in [0, 0.1) is 18.3 Å². The molecule has 1 aromatic carbocycles. The third-order valence-corrected chi connectivity index (χ3v) is 3.13. The van der Waals surface area contributed by atoms with E-state index in [2.05, 4.69) is 10.3 Å². The molecule has 2 N–H and O–H groups in total. The Balaban J connectivity index is 2.26. The number of nitrogens with zero attached hydrogens (tertiary/aromatic N) is 2. The molecule has 0 unspecified atom stereocenters. The molecular formula is C12H9N3O2S. The fourth-order valence-electron chi connectivity index (χ4n) is 1.44. The maximum atomic E-state index is 10.9. The Hall–Kier alpha value is -2.39. The highest BCUT2D eigenvalue weighted by molar-refractivity contribution is 7.15. The predicted molar refractivity (Wildman–Crippen MR) is 68.3 cm³/mol. The standard InChI is InChI=1S/C12H9N3O2S/c1-7-10(11(16)17)15-12(18-7)14-9-4-2-3-8(5-9)6-13/h2-5H,1H3,(H,14,15)(H,16,17). The van der Waals surface area contributed by atoms with E-state index in [0.29, 0.717) is 21.3 Å². The third-order valence-electron chi connectivity index (χ3n) is 2.24. The minimum absolute atomic E-state index is 0.0546. The average molecular weight is 259 g/mol. The van der Waals surface area contributed by atoms with Gasteiger partial charge in [0.25, 0.3) is 0 Å². The number of carboxylic acid groups (broad SMARTS) is 1. The van der Waals surface area contributed by atoms with Crippen LogP contribution in [-0.4, -0.2) is 16.1 Å². The van der Waals surface area contributed by atoms with Gasteiger partial charge in [-0.05, 0) is 25.1 Å². The van der Waals surface area contributed by atoms with Crippen LogP contribution in [0.15, 0.2) is 24.3 Å². The van der Waals surface area contributed by atoms with E-state index in [4.69, 9.17) is 10.4 Å². The molecule has 0 bridgehead atoms. The highest BCUT2D eigenvalue weighted by atomic mass is 32.1. The Kier molecular flexibility index (Phi) is 3.26. The number of aromatic nitrogens is 1. The van der Waals surface area contributed by atoms with Crippen LogP contribution in [0.4, 0.5) is 10.8 Å². The van der Waals surface area contributed by atoms with Crippen molar-refractivity contribution < 1.29 is 9.90 Å². The highest BCUT2D eigenvalue weighted by Gasteiger charge is 2.13. The van der Waals surface area contributed by atoms with Gasteiger partial charge in [0.1, 0.15) is 0 Å². The lowest BCUT2D eigenvalue weighted by molar-refractivity contribution is 0.0690. The van der Waals surface area contributed by atoms with Gasteiger partial charge in [0.05, 0.1) is 11.6 Å². The molecule has 0 saturated heterocycles. The van der Waals surface area contributed by atoms with Crippen molar-refractivity contribution in [2.24, 2.45) is 0 Å². The molecule has 0 radical (unpaired) electrons. The van der Waals surface area contributed by atoms with E-state index in [1.54, 1.807) is 31.2 Å². The summed E-state index contributed by atoms with van der Waals surface area (Å²) in [5.74, 6) is -1.04. The summed E-state index contributed by atoms with van der Waals surface area (Å²) in [7, 11) is 0. The molecular weight excluding hydrogens is 250 g/mol. The summed E-state index contributed by atoms with van der Waals surface area (Å²) in [6, 6.07) is 8.95. The van der Waals surface area contributed by atoms with Gasteiger partial charge in [-0.15, -0.1) is 11.3 Å². The van der Waals surface area contributed by atoms with Gasteiger partial charge >= 0.3 is 5.97 Å². The van der Waals surface area contributed by atoms with Crippen molar-refractivity contribution in [1.29, 1.82) is 5.26 Å². The molecule has 0 atom stereocenters. The first-order chi connectivity index (χ1) is 8.60. The van der Waals surface area contributed by atoms with Crippen LogP contribution >= 0.6 is 11.3 Å². The smallest absolute Gasteiger partial charge is 0.355 e. The average Bonchev–Trinajstić information content (AvgIpc) is 2.70. The maximum absolute atomic E-state index is 10.9. The van der Waals surface area contributed by atoms with Crippen molar-refractivity contribution in [3.05, 3.63) is 40.4 Å². The van der Waals surface area contributed by atoms with Gasteiger partial charge in [-0.25, -0.2) is 9.78 Å². The van der Waals surface area contributed by atoms with Crippen LogP contribution in [0.25, 0.3) is 0 Å². The molecule has 0 amide bonds. The van der Waals surface area contributed by atoms with Crippen molar-refractivity contribution >= 4 is 28.1 Å². The van der Waals surface area contributed by atoms with E-state index in [9.17, 15) is 4.79 Å². The Morgan fingerprint density at radius 2 is 2.33 bits per heavy atom. The Labute approximate surface area is 107 Å². The molecule has 1 heterocycles. The summed E-state index contributed by atoms with van der Waals surface area (Å²) in [5, 5.41) is 21.2. The summed E-state index contributed by atoms with van der Waals surface area (Å²) in [5.41, 5.74) is 1.30. The molecule has 1 aromatic heterocycles. The molecule has 0 saturated carbocycles. The molecule has 0 aliphatic heterocycles. The summed E-state index contributed by atoms with van der Waals surface area (Å²) in [6.45, 7) is 1.71. The molecule has 2 aromatic rings. The zero-order valence-corrected chi connectivity index (χ0v) is 10.3. The second-order valence-corrected chi connectivity index (χ2v) is 4.75. The lowest BCUT2D eigenvalue weighted by atomic mass is 10.2. The van der Waals surface area contributed by atoms with Gasteiger partial charge in [0.15, 0.2) is 10.8 Å². The molecule has 2 rings (SSSR count). The Morgan fingerprint density at radius 1 is 1.56 bits per heavy atom. The largest absolute Gasteiger partial charge is 0.476 e. The van der Waals surface area contributed by atoms with E-state index in [1.165, 1.54) is 11.3 Å². The zero-order valence-electron chi connectivity index (χ0n) is 9.47. The molecule has 0 aliphatic rings. The monoisotopic (exact) mass is 259 g/mol. The second-order valence-electron chi connectivity index (χ2n) is 3.55. The van der Waals surface area contributed by atoms with Crippen molar-refractivity contribution in [1.82, 2.24) is 4.98 Å². The molecule has 0 fully saturated rings. The van der Waals surface area contributed by atoms with E-state index in [0.717, 1.165) is 0 Å². The van der Waals surface area contributed by atoms with Gasteiger partial charge in [0, 0.05) is 10.6 Å². The number of hydrogen-bond acceptors (Lipinski definition) is 5. The topological polar surface area (TPSA) is 86.0 Å². The lowest BCUT2D eigenvalue weighted by Gasteiger charge is -2.01. The van der Waals surface area contributed by atoms with Gasteiger partial charge in [-0.1, -0.05) is 6.07 Å². The first-order valence-electron chi connectivity index (χ1n) is 5.08. The summed E-state index contributed by atoms with van der Waals surface area (Å²) < 4.78 is 0. The van der Waals surface area contributed by atoms with Crippen molar-refractivity contribution in [2.45, 2.75) is 6.92 Å². The number of carbonyl (C=O) groups is 1. The fraction of sp³-hybridized carbons (Fsp3) is 0.0833. The van der Waals surface area contributed by atoms with Crippen molar-refractivity contribution in [2.75, 3.05) is 5.32 Å². The van der Waals surface area contributed by atoms with Gasteiger partial charge in [-0.2, -0.15) is 5.26 Å². The minimum atomic E-state index is -1.04. The van der Waals surface area contributed by atoms with Gasteiger partial charge < -0.3 is 10.4 Å². The Morgan fingerprint density at radius 3 is 2.94 bits per heavy atom. The molecule has 18 heavy (non-hydrogen) atoms. The number of carboxylic acids is 1. The van der Waals surface area contributed by atoms with Crippen LogP contribution in [0.5, 0.6) is 0 Å². The summed E-state index contributed by atoms with van der Waals surface area (Å²) >= 11 is 1.27. The zero-order chi connectivity index (χ0) is 13.1. The van der Waals surface area contributed by atoms with E-state index in [-0.39, 0.29) is 5.69 Å². The molecule has 0 spiro atoms. The third kappa shape index (κ3) is 2.47. The van der Waals surface area contributed by atoms with E-state index < -0.39 is 5.97 Å². The minimum Gasteiger partial charge on any atom is -0.476 e. The number of rotatable bonds is 3. The van der Waals surface area contributed by atoms with Crippen LogP contribution < -0.4 is 5.32 Å². The number of nitriles is 1. The number of anilines is 2. The maximum Gasteiger partial charge on any atom is 0.355 e. The second kappa shape index (κ2) is 4.85. The fourth-order valence-corrected chi connectivity index (χ4v) is 2.26. The summed E-state index contributed by atoms with van der Waals surface area (Å²) in [4.78, 5) is 15.5. The normalized spacial score (nSPS) is 9.78. The number of aryl methyl sites for hydroxylation is 1. The SMILES string of the molecule is Cc1sc(Nc2cccc(C#N)c2)nc1C(=O)O. The van der Waals surface area contributed by atoms with Crippen LogP contribution in [0.2, 0.25) is 0 Å². The first-order valence-corrected chi connectivity index (χ1v) is 5.89. The van der Waals surface area contributed by atoms with Gasteiger partial charge in [0.2, 0.25) is 0 Å². The van der Waals surface area contributed by atoms with E-state index >= 15 is 0 Å². The Bertz CT molecular complexity index is 643. The molecule has 90 valence electrons. The quantitative estimate of drug-likeness (QED) is 0.885. The van der Waals surface area contributed by atoms with Crippen LogP contribution in [0.3, 0.4) is 0 Å². The van der Waals surface area contributed by atoms with Crippen molar-refractivity contribution in [3.63, 3.8) is 0 Å². The highest BCUT2D eigenvalue weighted by Crippen LogP contribution is 2.25. The molecule has 0 aliphatic carbocycles. The number of benzene rings is 1. The van der Waals surface area contributed by atoms with E-state index in [1.807, 2.05) is 6.07 Å². The predicted octanol–water partition coefficient (Wildman–Crippen LogP) is 2.76. The van der Waals surface area contributed by atoms with Crippen LogP contribution in [-0.2, 0) is 0 Å². The summed E-state index contributed by atoms with van der Waals surface area (Å²) in [6.07, 6.45) is 0. The molecule has 5 nitrogen and oxygen atoms in total. The lowest BCUT2D eigenvalue weighted by Crippen LogP contribution is -1.99. The number of nitrogens with one attached hydrogen (secondary N) is 1. The first kappa shape index (κ1) is 12.1.